The number of amides is 1. The number of nitrogens with zero attached hydrogens (tertiary/aromatic N) is 1. The van der Waals surface area contributed by atoms with Gasteiger partial charge in [0, 0.05) is 28.6 Å². The van der Waals surface area contributed by atoms with E-state index >= 15 is 0 Å². The Kier molecular flexibility index (Phi) is 5.71. The lowest BCUT2D eigenvalue weighted by atomic mass is 10.1. The molecule has 1 aromatic heterocycles. The van der Waals surface area contributed by atoms with Gasteiger partial charge in [0.1, 0.15) is 18.2 Å². The van der Waals surface area contributed by atoms with Crippen LogP contribution in [-0.4, -0.2) is 16.1 Å². The van der Waals surface area contributed by atoms with Crippen LogP contribution in [0.25, 0.3) is 10.9 Å². The van der Waals surface area contributed by atoms with E-state index in [0.29, 0.717) is 23.0 Å². The van der Waals surface area contributed by atoms with E-state index in [-0.39, 0.29) is 29.3 Å². The number of halogens is 6. The van der Waals surface area contributed by atoms with Crippen molar-refractivity contribution in [3.63, 3.8) is 0 Å². The Labute approximate surface area is 182 Å². The van der Waals surface area contributed by atoms with E-state index < -0.39 is 35.1 Å². The minimum absolute atomic E-state index is 0.00709. The zero-order valence-electron chi connectivity index (χ0n) is 16.4. The van der Waals surface area contributed by atoms with Crippen molar-refractivity contribution in [2.24, 2.45) is 0 Å². The number of ether oxygens (including phenoxy) is 1. The third-order valence-electron chi connectivity index (χ3n) is 4.72. The van der Waals surface area contributed by atoms with Gasteiger partial charge in [0.05, 0.1) is 11.1 Å². The van der Waals surface area contributed by atoms with Gasteiger partial charge in [0.2, 0.25) is 0 Å². The molecule has 5 nitrogen and oxygen atoms in total. The van der Waals surface area contributed by atoms with Gasteiger partial charge in [-0.1, -0.05) is 0 Å². The van der Waals surface area contributed by atoms with E-state index in [2.05, 4.69) is 15.5 Å². The van der Waals surface area contributed by atoms with Crippen LogP contribution in [0, 0.1) is 17.5 Å². The van der Waals surface area contributed by atoms with Crippen LogP contribution in [0.15, 0.2) is 54.6 Å². The number of benzene rings is 3. The molecule has 1 heterocycles. The second-order valence-corrected chi connectivity index (χ2v) is 6.96. The first-order valence-corrected chi connectivity index (χ1v) is 9.35. The molecule has 0 fully saturated rings. The number of carbonyl (C=O) groups is 1. The Bertz CT molecular complexity index is 1330. The number of hydrogen-bond acceptors (Lipinski definition) is 3. The number of rotatable bonds is 5. The van der Waals surface area contributed by atoms with Crippen molar-refractivity contribution in [1.29, 1.82) is 0 Å². The molecule has 0 aliphatic heterocycles. The van der Waals surface area contributed by atoms with Gasteiger partial charge in [-0.25, -0.2) is 13.2 Å². The summed E-state index contributed by atoms with van der Waals surface area (Å²) in [6.45, 7) is -0.361. The number of fused-ring (bicyclic) bond motifs is 1. The van der Waals surface area contributed by atoms with Crippen molar-refractivity contribution in [1.82, 2.24) is 10.2 Å². The predicted octanol–water partition coefficient (Wildman–Crippen LogP) is 5.83. The van der Waals surface area contributed by atoms with Gasteiger partial charge in [-0.3, -0.25) is 9.89 Å². The SMILES string of the molecule is O=C(Nc1n[nH]c2cc(OCc3cc(F)c(F)cc3F)ccc12)c1ccc(C(F)(F)F)cc1. The molecule has 170 valence electrons. The Morgan fingerprint density at radius 1 is 0.939 bits per heavy atom. The summed E-state index contributed by atoms with van der Waals surface area (Å²) in [7, 11) is 0. The van der Waals surface area contributed by atoms with Gasteiger partial charge in [-0.2, -0.15) is 18.3 Å². The first-order valence-electron chi connectivity index (χ1n) is 9.35. The number of hydrogen-bond donors (Lipinski definition) is 2. The third kappa shape index (κ3) is 4.76. The first kappa shape index (κ1) is 22.2. The number of anilines is 1. The molecule has 0 spiro atoms. The van der Waals surface area contributed by atoms with Gasteiger partial charge in [0.15, 0.2) is 17.5 Å². The summed E-state index contributed by atoms with van der Waals surface area (Å²) in [5, 5.41) is 9.61. The van der Waals surface area contributed by atoms with Gasteiger partial charge < -0.3 is 10.1 Å². The summed E-state index contributed by atoms with van der Waals surface area (Å²) in [5.74, 6) is -3.73. The minimum Gasteiger partial charge on any atom is -0.489 e. The Morgan fingerprint density at radius 3 is 2.33 bits per heavy atom. The first-order chi connectivity index (χ1) is 15.6. The van der Waals surface area contributed by atoms with Crippen molar-refractivity contribution in [2.45, 2.75) is 12.8 Å². The van der Waals surface area contributed by atoms with Gasteiger partial charge in [-0.05, 0) is 42.5 Å². The number of carbonyl (C=O) groups excluding carboxylic acids is 1. The molecule has 4 rings (SSSR count). The highest BCUT2D eigenvalue weighted by Crippen LogP contribution is 2.30. The Hall–Kier alpha value is -4.02. The maximum Gasteiger partial charge on any atom is 0.416 e. The number of aromatic nitrogens is 2. The molecular weight excluding hydrogens is 452 g/mol. The van der Waals surface area contributed by atoms with Gasteiger partial charge in [-0.15, -0.1) is 0 Å². The van der Waals surface area contributed by atoms with Crippen molar-refractivity contribution < 1.29 is 35.9 Å². The summed E-state index contributed by atoms with van der Waals surface area (Å²) in [6.07, 6.45) is -4.51. The second-order valence-electron chi connectivity index (χ2n) is 6.96. The molecule has 0 atom stereocenters. The average Bonchev–Trinajstić information content (AvgIpc) is 3.16. The molecule has 11 heteroatoms. The van der Waals surface area contributed by atoms with Crippen molar-refractivity contribution in [2.75, 3.05) is 5.32 Å². The van der Waals surface area contributed by atoms with E-state index in [9.17, 15) is 31.1 Å². The molecular formula is C22H13F6N3O2. The molecule has 0 saturated heterocycles. The molecule has 0 aliphatic rings. The smallest absolute Gasteiger partial charge is 0.416 e. The van der Waals surface area contributed by atoms with Crippen LogP contribution in [0.1, 0.15) is 21.5 Å². The van der Waals surface area contributed by atoms with Crippen LogP contribution >= 0.6 is 0 Å². The predicted molar refractivity (Wildman–Crippen MR) is 106 cm³/mol. The van der Waals surface area contributed by atoms with E-state index in [1.165, 1.54) is 18.2 Å². The summed E-state index contributed by atoms with van der Waals surface area (Å²) >= 11 is 0. The molecule has 0 saturated carbocycles. The fourth-order valence-electron chi connectivity index (χ4n) is 3.01. The van der Waals surface area contributed by atoms with Crippen LogP contribution in [0.4, 0.5) is 32.2 Å². The molecule has 3 aromatic carbocycles. The summed E-state index contributed by atoms with van der Waals surface area (Å²) < 4.78 is 83.5. The van der Waals surface area contributed by atoms with E-state index in [1.807, 2.05) is 0 Å². The standard InChI is InChI=1S/C22H13F6N3O2/c23-16-9-18(25)17(24)7-12(16)10-33-14-5-6-15-19(8-14)30-31-20(15)29-21(32)11-1-3-13(4-2-11)22(26,27)28/h1-9H,10H2,(H2,29,30,31,32). The normalized spacial score (nSPS) is 11.6. The lowest BCUT2D eigenvalue weighted by Crippen LogP contribution is -2.13. The van der Waals surface area contributed by atoms with E-state index in [0.717, 1.165) is 24.3 Å². The number of aromatic amines is 1. The maximum atomic E-state index is 13.7. The van der Waals surface area contributed by atoms with E-state index in [1.54, 1.807) is 0 Å². The van der Waals surface area contributed by atoms with Crippen molar-refractivity contribution >= 4 is 22.6 Å². The maximum absolute atomic E-state index is 13.7. The monoisotopic (exact) mass is 465 g/mol. The van der Waals surface area contributed by atoms with Crippen molar-refractivity contribution in [3.8, 4) is 5.75 Å². The fourth-order valence-corrected chi connectivity index (χ4v) is 3.01. The van der Waals surface area contributed by atoms with Gasteiger partial charge in [0.25, 0.3) is 5.91 Å². The highest BCUT2D eigenvalue weighted by molar-refractivity contribution is 6.07. The number of alkyl halides is 3. The van der Waals surface area contributed by atoms with E-state index in [4.69, 9.17) is 4.74 Å². The topological polar surface area (TPSA) is 67.0 Å². The highest BCUT2D eigenvalue weighted by Gasteiger charge is 2.30. The number of H-pyrrole nitrogens is 1. The molecule has 1 amide bonds. The van der Waals surface area contributed by atoms with Crippen LogP contribution in [0.2, 0.25) is 0 Å². The Morgan fingerprint density at radius 2 is 1.64 bits per heavy atom. The fraction of sp³-hybridized carbons (Fsp3) is 0.0909. The lowest BCUT2D eigenvalue weighted by molar-refractivity contribution is -0.137. The molecule has 0 unspecified atom stereocenters. The minimum atomic E-state index is -4.51. The van der Waals surface area contributed by atoms with Crippen LogP contribution < -0.4 is 10.1 Å². The number of nitrogens with one attached hydrogen (secondary N) is 2. The van der Waals surface area contributed by atoms with Crippen LogP contribution in [-0.2, 0) is 12.8 Å². The molecule has 0 aliphatic carbocycles. The molecule has 0 radical (unpaired) electrons. The van der Waals surface area contributed by atoms with Crippen LogP contribution in [0.5, 0.6) is 5.75 Å². The molecule has 4 aromatic rings. The zero-order valence-corrected chi connectivity index (χ0v) is 16.4. The quantitative estimate of drug-likeness (QED) is 0.288. The lowest BCUT2D eigenvalue weighted by Gasteiger charge is -2.08. The van der Waals surface area contributed by atoms with Crippen molar-refractivity contribution in [3.05, 3.63) is 88.7 Å². The van der Waals surface area contributed by atoms with Crippen LogP contribution in [0.3, 0.4) is 0 Å². The summed E-state index contributed by atoms with van der Waals surface area (Å²) in [6, 6.07) is 9.36. The summed E-state index contributed by atoms with van der Waals surface area (Å²) in [4.78, 5) is 12.4. The third-order valence-corrected chi connectivity index (χ3v) is 4.72. The average molecular weight is 465 g/mol. The Balaban J connectivity index is 1.47. The molecule has 2 N–H and O–H groups in total. The van der Waals surface area contributed by atoms with Gasteiger partial charge >= 0.3 is 6.18 Å². The zero-order chi connectivity index (χ0) is 23.8. The largest absolute Gasteiger partial charge is 0.489 e. The molecule has 0 bridgehead atoms. The molecule has 33 heavy (non-hydrogen) atoms. The summed E-state index contributed by atoms with van der Waals surface area (Å²) in [5.41, 5.74) is -0.614. The highest BCUT2D eigenvalue weighted by atomic mass is 19.4. The second kappa shape index (κ2) is 8.49.